The number of rotatable bonds is 6. The molecule has 1 aromatic carbocycles. The van der Waals surface area contributed by atoms with E-state index in [2.05, 4.69) is 24.5 Å². The van der Waals surface area contributed by atoms with Crippen molar-refractivity contribution in [2.45, 2.75) is 52.6 Å². The lowest BCUT2D eigenvalue weighted by Gasteiger charge is -2.29. The third-order valence-electron chi connectivity index (χ3n) is 4.32. The van der Waals surface area contributed by atoms with Crippen LogP contribution in [0, 0.1) is 5.92 Å². The number of carbonyl (C=O) groups excluding carboxylic acids is 2. The lowest BCUT2D eigenvalue weighted by molar-refractivity contribution is -0.137. The van der Waals surface area contributed by atoms with Crippen LogP contribution in [0.1, 0.15) is 52.5 Å². The van der Waals surface area contributed by atoms with Gasteiger partial charge in [-0.3, -0.25) is 9.59 Å². The first-order chi connectivity index (χ1) is 10.7. The SMILES string of the molecule is CCC(C)C(C)(O)CNC(=O)C(=O)Nc1ccc(C(C)C)cc1. The second-order valence-electron chi connectivity index (χ2n) is 6.58. The van der Waals surface area contributed by atoms with Gasteiger partial charge < -0.3 is 15.7 Å². The predicted octanol–water partition coefficient (Wildman–Crippen LogP) is 2.66. The predicted molar refractivity (Wildman–Crippen MR) is 92.2 cm³/mol. The van der Waals surface area contributed by atoms with Gasteiger partial charge in [-0.2, -0.15) is 0 Å². The summed E-state index contributed by atoms with van der Waals surface area (Å²) in [6, 6.07) is 7.39. The van der Waals surface area contributed by atoms with Gasteiger partial charge in [-0.05, 0) is 36.5 Å². The number of amides is 2. The molecule has 0 aliphatic carbocycles. The molecule has 0 aliphatic heterocycles. The number of hydrogen-bond donors (Lipinski definition) is 3. The van der Waals surface area contributed by atoms with Crippen molar-refractivity contribution in [3.63, 3.8) is 0 Å². The van der Waals surface area contributed by atoms with Crippen LogP contribution >= 0.6 is 0 Å². The van der Waals surface area contributed by atoms with Gasteiger partial charge >= 0.3 is 11.8 Å². The molecule has 0 heterocycles. The van der Waals surface area contributed by atoms with Gasteiger partial charge in [0.05, 0.1) is 5.60 Å². The van der Waals surface area contributed by atoms with Crippen molar-refractivity contribution in [3.05, 3.63) is 29.8 Å². The highest BCUT2D eigenvalue weighted by atomic mass is 16.3. The standard InChI is InChI=1S/C18H28N2O3/c1-6-13(4)18(5,23)11-19-16(21)17(22)20-15-9-7-14(8-10-15)12(2)3/h7-10,12-13,23H,6,11H2,1-5H3,(H,19,21)(H,20,22). The summed E-state index contributed by atoms with van der Waals surface area (Å²) in [5.41, 5.74) is 0.698. The van der Waals surface area contributed by atoms with Crippen molar-refractivity contribution < 1.29 is 14.7 Å². The maximum atomic E-state index is 11.9. The summed E-state index contributed by atoms with van der Waals surface area (Å²) in [6.07, 6.45) is 0.789. The molecule has 0 bridgehead atoms. The first-order valence-electron chi connectivity index (χ1n) is 8.09. The molecule has 1 rings (SSSR count). The van der Waals surface area contributed by atoms with Crippen molar-refractivity contribution in [3.8, 4) is 0 Å². The Bertz CT molecular complexity index is 536. The summed E-state index contributed by atoms with van der Waals surface area (Å²) in [7, 11) is 0. The number of aliphatic hydroxyl groups is 1. The zero-order valence-corrected chi connectivity index (χ0v) is 14.6. The van der Waals surface area contributed by atoms with Gasteiger partial charge in [0.1, 0.15) is 0 Å². The second kappa shape index (κ2) is 8.11. The van der Waals surface area contributed by atoms with Gasteiger partial charge in [-0.25, -0.2) is 0 Å². The Morgan fingerprint density at radius 2 is 1.70 bits per heavy atom. The zero-order valence-electron chi connectivity index (χ0n) is 14.6. The Kier molecular flexibility index (Phi) is 6.76. The van der Waals surface area contributed by atoms with Gasteiger partial charge in [0.2, 0.25) is 0 Å². The molecule has 128 valence electrons. The van der Waals surface area contributed by atoms with Crippen LogP contribution in [0.3, 0.4) is 0 Å². The molecule has 0 saturated heterocycles. The second-order valence-corrected chi connectivity index (χ2v) is 6.58. The fourth-order valence-corrected chi connectivity index (χ4v) is 2.09. The molecule has 0 fully saturated rings. The van der Waals surface area contributed by atoms with Gasteiger partial charge in [0, 0.05) is 12.2 Å². The highest BCUT2D eigenvalue weighted by molar-refractivity contribution is 6.39. The van der Waals surface area contributed by atoms with E-state index in [1.807, 2.05) is 26.0 Å². The van der Waals surface area contributed by atoms with E-state index >= 15 is 0 Å². The first-order valence-corrected chi connectivity index (χ1v) is 8.09. The van der Waals surface area contributed by atoms with E-state index in [9.17, 15) is 14.7 Å². The first kappa shape index (κ1) is 19.2. The Balaban J connectivity index is 2.56. The number of hydrogen-bond acceptors (Lipinski definition) is 3. The summed E-state index contributed by atoms with van der Waals surface area (Å²) in [5.74, 6) is -1.05. The topological polar surface area (TPSA) is 78.4 Å². The van der Waals surface area contributed by atoms with Crippen molar-refractivity contribution in [2.75, 3.05) is 11.9 Å². The lowest BCUT2D eigenvalue weighted by atomic mass is 9.89. The highest BCUT2D eigenvalue weighted by Crippen LogP contribution is 2.19. The fraction of sp³-hybridized carbons (Fsp3) is 0.556. The molecule has 0 radical (unpaired) electrons. The number of carbonyl (C=O) groups is 2. The van der Waals surface area contributed by atoms with E-state index in [0.717, 1.165) is 12.0 Å². The number of nitrogens with one attached hydrogen (secondary N) is 2. The van der Waals surface area contributed by atoms with Crippen LogP contribution in [0.2, 0.25) is 0 Å². The maximum absolute atomic E-state index is 11.9. The molecule has 23 heavy (non-hydrogen) atoms. The van der Waals surface area contributed by atoms with Crippen molar-refractivity contribution in [1.82, 2.24) is 5.32 Å². The van der Waals surface area contributed by atoms with Crippen molar-refractivity contribution >= 4 is 17.5 Å². The molecule has 2 unspecified atom stereocenters. The third kappa shape index (κ3) is 5.67. The molecule has 0 aliphatic rings. The molecular formula is C18H28N2O3. The van der Waals surface area contributed by atoms with E-state index in [4.69, 9.17) is 0 Å². The Labute approximate surface area is 138 Å². The summed E-state index contributed by atoms with van der Waals surface area (Å²) in [5, 5.41) is 15.3. The summed E-state index contributed by atoms with van der Waals surface area (Å²) in [6.45, 7) is 9.75. The molecule has 2 atom stereocenters. The molecule has 0 aromatic heterocycles. The summed E-state index contributed by atoms with van der Waals surface area (Å²) in [4.78, 5) is 23.7. The van der Waals surface area contributed by atoms with Crippen LogP contribution in [0.4, 0.5) is 5.69 Å². The molecule has 0 spiro atoms. The van der Waals surface area contributed by atoms with E-state index < -0.39 is 17.4 Å². The van der Waals surface area contributed by atoms with Crippen molar-refractivity contribution in [2.24, 2.45) is 5.92 Å². The minimum Gasteiger partial charge on any atom is -0.388 e. The van der Waals surface area contributed by atoms with Crippen LogP contribution in [0.25, 0.3) is 0 Å². The Morgan fingerprint density at radius 1 is 1.13 bits per heavy atom. The number of benzene rings is 1. The van der Waals surface area contributed by atoms with Gasteiger partial charge in [-0.15, -0.1) is 0 Å². The molecule has 2 amide bonds. The van der Waals surface area contributed by atoms with Crippen LogP contribution in [0.5, 0.6) is 0 Å². The molecule has 1 aromatic rings. The quantitative estimate of drug-likeness (QED) is 0.705. The van der Waals surface area contributed by atoms with Gasteiger partial charge in [0.25, 0.3) is 0 Å². The fourth-order valence-electron chi connectivity index (χ4n) is 2.09. The van der Waals surface area contributed by atoms with E-state index in [-0.39, 0.29) is 12.5 Å². The van der Waals surface area contributed by atoms with Gasteiger partial charge in [0.15, 0.2) is 0 Å². The average Bonchev–Trinajstić information content (AvgIpc) is 2.52. The third-order valence-corrected chi connectivity index (χ3v) is 4.32. The smallest absolute Gasteiger partial charge is 0.313 e. The van der Waals surface area contributed by atoms with Crippen molar-refractivity contribution in [1.29, 1.82) is 0 Å². The molecular weight excluding hydrogens is 292 g/mol. The maximum Gasteiger partial charge on any atom is 0.313 e. The molecule has 5 nitrogen and oxygen atoms in total. The van der Waals surface area contributed by atoms with Crippen LogP contribution in [-0.2, 0) is 9.59 Å². The van der Waals surface area contributed by atoms with E-state index in [1.54, 1.807) is 19.1 Å². The average molecular weight is 320 g/mol. The largest absolute Gasteiger partial charge is 0.388 e. The summed E-state index contributed by atoms with van der Waals surface area (Å²) >= 11 is 0. The summed E-state index contributed by atoms with van der Waals surface area (Å²) < 4.78 is 0. The van der Waals surface area contributed by atoms with Crippen LogP contribution in [0.15, 0.2) is 24.3 Å². The Hall–Kier alpha value is -1.88. The van der Waals surface area contributed by atoms with Gasteiger partial charge in [-0.1, -0.05) is 46.2 Å². The van der Waals surface area contributed by atoms with E-state index in [0.29, 0.717) is 11.6 Å². The molecule has 0 saturated carbocycles. The van der Waals surface area contributed by atoms with Crippen LogP contribution in [-0.4, -0.2) is 29.1 Å². The normalized spacial score (nSPS) is 14.9. The number of anilines is 1. The lowest BCUT2D eigenvalue weighted by Crippen LogP contribution is -2.47. The monoisotopic (exact) mass is 320 g/mol. The molecule has 3 N–H and O–H groups in total. The highest BCUT2D eigenvalue weighted by Gasteiger charge is 2.28. The molecule has 5 heteroatoms. The van der Waals surface area contributed by atoms with E-state index in [1.165, 1.54) is 0 Å². The Morgan fingerprint density at radius 3 is 2.17 bits per heavy atom. The minimum atomic E-state index is -1.04. The zero-order chi connectivity index (χ0) is 17.6. The minimum absolute atomic E-state index is 0.0226. The van der Waals surface area contributed by atoms with Crippen LogP contribution < -0.4 is 10.6 Å².